The number of hydrogen-bond acceptors (Lipinski definition) is 3. The maximum atomic E-state index is 11.5. The van der Waals surface area contributed by atoms with Gasteiger partial charge in [-0.1, -0.05) is 23.7 Å². The molecule has 0 aliphatic rings. The van der Waals surface area contributed by atoms with Crippen molar-refractivity contribution in [3.05, 3.63) is 34.9 Å². The predicted octanol–water partition coefficient (Wildman–Crippen LogP) is 0.450. The van der Waals surface area contributed by atoms with Crippen molar-refractivity contribution in [2.75, 3.05) is 6.54 Å². The van der Waals surface area contributed by atoms with Crippen LogP contribution in [0.3, 0.4) is 0 Å². The Kier molecular flexibility index (Phi) is 4.75. The van der Waals surface area contributed by atoms with Crippen LogP contribution in [0, 0.1) is 0 Å². The van der Waals surface area contributed by atoms with Gasteiger partial charge in [-0.25, -0.2) is 0 Å². The molecule has 1 rings (SSSR count). The summed E-state index contributed by atoms with van der Waals surface area (Å²) < 4.78 is 0. The third kappa shape index (κ3) is 3.52. The van der Waals surface area contributed by atoms with Crippen molar-refractivity contribution in [1.82, 2.24) is 10.9 Å². The fourth-order valence-corrected chi connectivity index (χ4v) is 1.25. The highest BCUT2D eigenvalue weighted by Gasteiger charge is 2.09. The summed E-state index contributed by atoms with van der Waals surface area (Å²) in [6.45, 7) is 0.230. The minimum atomic E-state index is -0.462. The van der Waals surface area contributed by atoms with Crippen molar-refractivity contribution in [2.45, 2.75) is 6.42 Å². The molecule has 0 spiro atoms. The van der Waals surface area contributed by atoms with Crippen LogP contribution in [0.2, 0.25) is 5.02 Å². The molecule has 0 heterocycles. The van der Waals surface area contributed by atoms with E-state index in [-0.39, 0.29) is 18.9 Å². The molecule has 16 heavy (non-hydrogen) atoms. The Hall–Kier alpha value is -1.59. The average molecular weight is 242 g/mol. The number of rotatable bonds is 3. The zero-order valence-corrected chi connectivity index (χ0v) is 9.25. The van der Waals surface area contributed by atoms with E-state index in [4.69, 9.17) is 17.3 Å². The first-order valence-corrected chi connectivity index (χ1v) is 5.06. The van der Waals surface area contributed by atoms with Crippen molar-refractivity contribution in [1.29, 1.82) is 0 Å². The zero-order chi connectivity index (χ0) is 12.0. The predicted molar refractivity (Wildman–Crippen MR) is 60.7 cm³/mol. The van der Waals surface area contributed by atoms with E-state index in [9.17, 15) is 9.59 Å². The number of carbonyl (C=O) groups is 2. The van der Waals surface area contributed by atoms with Crippen LogP contribution < -0.4 is 16.6 Å². The molecule has 5 nitrogen and oxygen atoms in total. The second-order valence-corrected chi connectivity index (χ2v) is 3.43. The van der Waals surface area contributed by atoms with Gasteiger partial charge in [-0.15, -0.1) is 0 Å². The van der Waals surface area contributed by atoms with Gasteiger partial charge in [0.15, 0.2) is 0 Å². The Bertz CT molecular complexity index is 395. The summed E-state index contributed by atoms with van der Waals surface area (Å²) in [7, 11) is 0. The number of amides is 2. The number of nitrogens with two attached hydrogens (primary N) is 1. The fourth-order valence-electron chi connectivity index (χ4n) is 1.03. The topological polar surface area (TPSA) is 84.2 Å². The van der Waals surface area contributed by atoms with E-state index >= 15 is 0 Å². The maximum Gasteiger partial charge on any atom is 0.271 e. The minimum Gasteiger partial charge on any atom is -0.330 e. The van der Waals surface area contributed by atoms with Gasteiger partial charge in [0, 0.05) is 13.0 Å². The molecule has 0 saturated heterocycles. The third-order valence-corrected chi connectivity index (χ3v) is 2.13. The van der Waals surface area contributed by atoms with Crippen molar-refractivity contribution in [3.8, 4) is 0 Å². The summed E-state index contributed by atoms with van der Waals surface area (Å²) in [5.41, 5.74) is 9.96. The molecule has 0 aliphatic heterocycles. The molecule has 1 aromatic carbocycles. The number of carbonyl (C=O) groups excluding carboxylic acids is 2. The minimum absolute atomic E-state index is 0.156. The van der Waals surface area contributed by atoms with Crippen molar-refractivity contribution in [2.24, 2.45) is 5.73 Å². The van der Waals surface area contributed by atoms with E-state index in [1.807, 2.05) is 0 Å². The Morgan fingerprint density at radius 1 is 1.25 bits per heavy atom. The first-order valence-electron chi connectivity index (χ1n) is 4.69. The Labute approximate surface area is 97.9 Å². The molecule has 0 bridgehead atoms. The van der Waals surface area contributed by atoms with Crippen molar-refractivity contribution in [3.63, 3.8) is 0 Å². The van der Waals surface area contributed by atoms with Gasteiger partial charge in [-0.3, -0.25) is 20.4 Å². The van der Waals surface area contributed by atoms with Gasteiger partial charge in [-0.2, -0.15) is 0 Å². The van der Waals surface area contributed by atoms with Gasteiger partial charge in [0.25, 0.3) is 5.91 Å². The lowest BCUT2D eigenvalue weighted by molar-refractivity contribution is -0.121. The lowest BCUT2D eigenvalue weighted by Crippen LogP contribution is -2.42. The van der Waals surface area contributed by atoms with Crippen LogP contribution in [0.4, 0.5) is 0 Å². The highest BCUT2D eigenvalue weighted by atomic mass is 35.5. The molecule has 1 aromatic rings. The normalized spacial score (nSPS) is 9.62. The van der Waals surface area contributed by atoms with Crippen molar-refractivity contribution >= 4 is 23.4 Å². The standard InChI is InChI=1S/C10H12ClN3O2/c11-8-4-2-1-3-7(8)10(16)14-13-9(15)5-6-12/h1-4H,5-6,12H2,(H,13,15)(H,14,16). The summed E-state index contributed by atoms with van der Waals surface area (Å²) in [6, 6.07) is 6.56. The summed E-state index contributed by atoms with van der Waals surface area (Å²) in [4.78, 5) is 22.6. The van der Waals surface area contributed by atoms with Gasteiger partial charge in [-0.05, 0) is 12.1 Å². The number of hydrogen-bond donors (Lipinski definition) is 3. The Morgan fingerprint density at radius 2 is 1.94 bits per heavy atom. The molecule has 0 aliphatic carbocycles. The summed E-state index contributed by atoms with van der Waals surface area (Å²) in [5, 5.41) is 0.327. The molecule has 0 aromatic heterocycles. The first kappa shape index (κ1) is 12.5. The SMILES string of the molecule is NCCC(=O)NNC(=O)c1ccccc1Cl. The van der Waals surface area contributed by atoms with E-state index in [1.165, 1.54) is 0 Å². The number of benzene rings is 1. The highest BCUT2D eigenvalue weighted by molar-refractivity contribution is 6.33. The van der Waals surface area contributed by atoms with E-state index in [1.54, 1.807) is 24.3 Å². The molecule has 4 N–H and O–H groups in total. The third-order valence-electron chi connectivity index (χ3n) is 1.81. The second-order valence-electron chi connectivity index (χ2n) is 3.02. The summed E-state index contributed by atoms with van der Waals surface area (Å²) in [6.07, 6.45) is 0.156. The number of halogens is 1. The fraction of sp³-hybridized carbons (Fsp3) is 0.200. The van der Waals surface area contributed by atoms with E-state index in [2.05, 4.69) is 10.9 Å². The van der Waals surface area contributed by atoms with Gasteiger partial charge >= 0.3 is 0 Å². The Morgan fingerprint density at radius 3 is 2.56 bits per heavy atom. The van der Waals surface area contributed by atoms with Gasteiger partial charge in [0.1, 0.15) is 0 Å². The lowest BCUT2D eigenvalue weighted by atomic mass is 10.2. The number of nitrogens with one attached hydrogen (secondary N) is 2. The second kappa shape index (κ2) is 6.09. The molecule has 0 radical (unpaired) electrons. The van der Waals surface area contributed by atoms with Gasteiger partial charge in [0.05, 0.1) is 10.6 Å². The molecule has 86 valence electrons. The van der Waals surface area contributed by atoms with Crippen LogP contribution in [0.5, 0.6) is 0 Å². The maximum absolute atomic E-state index is 11.5. The zero-order valence-electron chi connectivity index (χ0n) is 8.50. The summed E-state index contributed by atoms with van der Waals surface area (Å²) >= 11 is 5.80. The van der Waals surface area contributed by atoms with E-state index < -0.39 is 5.91 Å². The monoisotopic (exact) mass is 241 g/mol. The number of hydrazine groups is 1. The van der Waals surface area contributed by atoms with E-state index in [0.717, 1.165) is 0 Å². The molecular formula is C10H12ClN3O2. The average Bonchev–Trinajstić information content (AvgIpc) is 2.27. The molecular weight excluding hydrogens is 230 g/mol. The van der Waals surface area contributed by atoms with Gasteiger partial charge < -0.3 is 5.73 Å². The van der Waals surface area contributed by atoms with Crippen LogP contribution in [-0.4, -0.2) is 18.4 Å². The molecule has 0 atom stereocenters. The van der Waals surface area contributed by atoms with Crippen LogP contribution >= 0.6 is 11.6 Å². The molecule has 0 unspecified atom stereocenters. The highest BCUT2D eigenvalue weighted by Crippen LogP contribution is 2.13. The van der Waals surface area contributed by atoms with Crippen LogP contribution in [0.25, 0.3) is 0 Å². The summed E-state index contributed by atoms with van der Waals surface area (Å²) in [5.74, 6) is -0.807. The molecule has 0 fully saturated rings. The quantitative estimate of drug-likeness (QED) is 0.672. The lowest BCUT2D eigenvalue weighted by Gasteiger charge is -2.07. The van der Waals surface area contributed by atoms with Crippen LogP contribution in [-0.2, 0) is 4.79 Å². The molecule has 0 saturated carbocycles. The van der Waals surface area contributed by atoms with Crippen LogP contribution in [0.15, 0.2) is 24.3 Å². The van der Waals surface area contributed by atoms with Crippen molar-refractivity contribution < 1.29 is 9.59 Å². The van der Waals surface area contributed by atoms with E-state index in [0.29, 0.717) is 10.6 Å². The largest absolute Gasteiger partial charge is 0.330 e. The first-order chi connectivity index (χ1) is 7.65. The molecule has 6 heteroatoms. The smallest absolute Gasteiger partial charge is 0.271 e. The molecule has 2 amide bonds. The van der Waals surface area contributed by atoms with Gasteiger partial charge in [0.2, 0.25) is 5.91 Å². The van der Waals surface area contributed by atoms with Crippen LogP contribution in [0.1, 0.15) is 16.8 Å². The Balaban J connectivity index is 2.54.